The molecule has 168 valence electrons. The normalized spacial score (nSPS) is 21.6. The Morgan fingerprint density at radius 3 is 2.35 bits per heavy atom. The molecule has 7 heteroatoms. The number of amides is 1. The molecule has 31 heavy (non-hydrogen) atoms. The Balaban J connectivity index is 1.48. The molecule has 3 heterocycles. The predicted octanol–water partition coefficient (Wildman–Crippen LogP) is 2.38. The van der Waals surface area contributed by atoms with Gasteiger partial charge in [-0.3, -0.25) is 4.79 Å². The monoisotopic (exact) mass is 427 g/mol. The number of benzene rings is 1. The van der Waals surface area contributed by atoms with Gasteiger partial charge in [0.1, 0.15) is 11.4 Å². The molecule has 0 aromatic heterocycles. The molecule has 0 radical (unpaired) electrons. The lowest BCUT2D eigenvalue weighted by Crippen LogP contribution is -2.53. The highest BCUT2D eigenvalue weighted by molar-refractivity contribution is 6.07. The molecule has 1 aromatic rings. The summed E-state index contributed by atoms with van der Waals surface area (Å²) in [5, 5.41) is 0. The van der Waals surface area contributed by atoms with Crippen LogP contribution in [0.5, 0.6) is 5.75 Å². The standard InChI is InChI=1S/C24H33N3O4/c1-5-25-8-6-24(7-9-25)21(18(3)23(29)31-24)22(28)27-12-10-26(11-13-27)19-14-17(2)15-20(16-19)30-4/h14-16H,5-13H2,1-4H3. The first-order valence-corrected chi connectivity index (χ1v) is 11.2. The number of likely N-dealkylation sites (tertiary alicyclic amines) is 1. The van der Waals surface area contributed by atoms with Gasteiger partial charge in [0.15, 0.2) is 0 Å². The lowest BCUT2D eigenvalue weighted by molar-refractivity contribution is -0.151. The van der Waals surface area contributed by atoms with Gasteiger partial charge in [-0.1, -0.05) is 6.92 Å². The zero-order chi connectivity index (χ0) is 22.2. The Hall–Kier alpha value is -2.54. The molecule has 0 saturated carbocycles. The minimum atomic E-state index is -0.745. The van der Waals surface area contributed by atoms with E-state index >= 15 is 0 Å². The van der Waals surface area contributed by atoms with Crippen molar-refractivity contribution in [2.45, 2.75) is 39.2 Å². The molecular weight excluding hydrogens is 394 g/mol. The zero-order valence-electron chi connectivity index (χ0n) is 19.1. The molecule has 0 unspecified atom stereocenters. The number of hydrogen-bond donors (Lipinski definition) is 0. The van der Waals surface area contributed by atoms with Crippen LogP contribution in [0, 0.1) is 6.92 Å². The van der Waals surface area contributed by atoms with Crippen molar-refractivity contribution in [3.05, 3.63) is 34.9 Å². The van der Waals surface area contributed by atoms with Gasteiger partial charge in [0.05, 0.1) is 12.7 Å². The fraction of sp³-hybridized carbons (Fsp3) is 0.583. The largest absolute Gasteiger partial charge is 0.497 e. The van der Waals surface area contributed by atoms with E-state index in [0.717, 1.165) is 49.7 Å². The van der Waals surface area contributed by atoms with Crippen molar-refractivity contribution in [1.29, 1.82) is 0 Å². The fourth-order valence-corrected chi connectivity index (χ4v) is 5.04. The summed E-state index contributed by atoms with van der Waals surface area (Å²) in [6, 6.07) is 6.20. The SMILES string of the molecule is CCN1CCC2(CC1)OC(=O)C(C)=C2C(=O)N1CCN(c2cc(C)cc(OC)c2)CC1. The summed E-state index contributed by atoms with van der Waals surface area (Å²) < 4.78 is 11.2. The molecule has 0 atom stereocenters. The summed E-state index contributed by atoms with van der Waals surface area (Å²) in [6.45, 7) is 11.3. The number of ether oxygens (including phenoxy) is 2. The number of nitrogens with zero attached hydrogens (tertiary/aromatic N) is 3. The molecule has 0 aliphatic carbocycles. The topological polar surface area (TPSA) is 62.3 Å². The van der Waals surface area contributed by atoms with Crippen molar-refractivity contribution in [1.82, 2.24) is 9.80 Å². The van der Waals surface area contributed by atoms with Gasteiger partial charge in [-0.2, -0.15) is 0 Å². The lowest BCUT2D eigenvalue weighted by atomic mass is 9.82. The minimum absolute atomic E-state index is 0.0326. The van der Waals surface area contributed by atoms with Crippen LogP contribution in [-0.4, -0.2) is 80.2 Å². The molecule has 1 spiro atoms. The second kappa shape index (κ2) is 8.54. The van der Waals surface area contributed by atoms with Gasteiger partial charge in [-0.05, 0) is 38.1 Å². The van der Waals surface area contributed by atoms with E-state index in [2.05, 4.69) is 29.7 Å². The maximum atomic E-state index is 13.6. The van der Waals surface area contributed by atoms with E-state index in [1.165, 1.54) is 0 Å². The highest BCUT2D eigenvalue weighted by Crippen LogP contribution is 2.42. The van der Waals surface area contributed by atoms with Crippen LogP contribution >= 0.6 is 0 Å². The highest BCUT2D eigenvalue weighted by atomic mass is 16.6. The summed E-state index contributed by atoms with van der Waals surface area (Å²) in [6.07, 6.45) is 1.38. The molecule has 3 aliphatic heterocycles. The number of hydrogen-bond acceptors (Lipinski definition) is 6. The van der Waals surface area contributed by atoms with E-state index < -0.39 is 5.60 Å². The minimum Gasteiger partial charge on any atom is -0.497 e. The van der Waals surface area contributed by atoms with Crippen molar-refractivity contribution in [3.63, 3.8) is 0 Å². The number of piperazine rings is 1. The first-order chi connectivity index (χ1) is 14.9. The van der Waals surface area contributed by atoms with E-state index in [1.54, 1.807) is 14.0 Å². The summed E-state index contributed by atoms with van der Waals surface area (Å²) in [5.41, 5.74) is 2.60. The first-order valence-electron chi connectivity index (χ1n) is 11.2. The maximum Gasteiger partial charge on any atom is 0.335 e. The van der Waals surface area contributed by atoms with Gasteiger partial charge in [-0.15, -0.1) is 0 Å². The number of methoxy groups -OCH3 is 1. The molecule has 0 bridgehead atoms. The fourth-order valence-electron chi connectivity index (χ4n) is 5.04. The van der Waals surface area contributed by atoms with Crippen LogP contribution in [0.1, 0.15) is 32.3 Å². The van der Waals surface area contributed by atoms with Gasteiger partial charge in [-0.25, -0.2) is 4.79 Å². The van der Waals surface area contributed by atoms with Gasteiger partial charge in [0.2, 0.25) is 0 Å². The number of aryl methyl sites for hydroxylation is 1. The number of piperidine rings is 1. The van der Waals surface area contributed by atoms with E-state index in [9.17, 15) is 9.59 Å². The van der Waals surface area contributed by atoms with E-state index in [4.69, 9.17) is 9.47 Å². The zero-order valence-corrected chi connectivity index (χ0v) is 19.1. The van der Waals surface area contributed by atoms with Gasteiger partial charge < -0.3 is 24.2 Å². The number of anilines is 1. The van der Waals surface area contributed by atoms with Gasteiger partial charge >= 0.3 is 5.97 Å². The average Bonchev–Trinajstić information content (AvgIpc) is 3.02. The molecule has 2 saturated heterocycles. The van der Waals surface area contributed by atoms with Crippen LogP contribution in [-0.2, 0) is 14.3 Å². The Bertz CT molecular complexity index is 894. The summed E-state index contributed by atoms with van der Waals surface area (Å²) in [5.74, 6) is 0.477. The van der Waals surface area contributed by atoms with Crippen LogP contribution < -0.4 is 9.64 Å². The number of rotatable bonds is 4. The van der Waals surface area contributed by atoms with E-state index in [-0.39, 0.29) is 11.9 Å². The summed E-state index contributed by atoms with van der Waals surface area (Å²) >= 11 is 0. The summed E-state index contributed by atoms with van der Waals surface area (Å²) in [4.78, 5) is 32.5. The molecule has 3 aliphatic rings. The first kappa shape index (κ1) is 21.7. The van der Waals surface area contributed by atoms with Crippen molar-refractivity contribution >= 4 is 17.6 Å². The van der Waals surface area contributed by atoms with Gasteiger partial charge in [0, 0.05) is 69.4 Å². The smallest absolute Gasteiger partial charge is 0.335 e. The number of carbonyl (C=O) groups is 2. The molecular formula is C24H33N3O4. The molecule has 1 aromatic carbocycles. The van der Waals surface area contributed by atoms with Crippen LogP contribution in [0.2, 0.25) is 0 Å². The maximum absolute atomic E-state index is 13.6. The van der Waals surface area contributed by atoms with E-state index in [0.29, 0.717) is 37.1 Å². The van der Waals surface area contributed by atoms with Crippen molar-refractivity contribution in [2.75, 3.05) is 57.8 Å². The van der Waals surface area contributed by atoms with Crippen LogP contribution in [0.15, 0.2) is 29.3 Å². The van der Waals surface area contributed by atoms with E-state index in [1.807, 2.05) is 17.0 Å². The lowest BCUT2D eigenvalue weighted by Gasteiger charge is -2.41. The molecule has 1 amide bonds. The number of carbonyl (C=O) groups excluding carboxylic acids is 2. The van der Waals surface area contributed by atoms with Crippen LogP contribution in [0.3, 0.4) is 0 Å². The second-order valence-corrected chi connectivity index (χ2v) is 8.81. The van der Waals surface area contributed by atoms with Crippen molar-refractivity contribution < 1.29 is 19.1 Å². The van der Waals surface area contributed by atoms with Gasteiger partial charge in [0.25, 0.3) is 5.91 Å². The quantitative estimate of drug-likeness (QED) is 0.688. The Morgan fingerprint density at radius 2 is 1.74 bits per heavy atom. The third-order valence-electron chi connectivity index (χ3n) is 6.95. The Morgan fingerprint density at radius 1 is 1.06 bits per heavy atom. The third-order valence-corrected chi connectivity index (χ3v) is 6.95. The Labute approximate surface area is 184 Å². The molecule has 7 nitrogen and oxygen atoms in total. The second-order valence-electron chi connectivity index (χ2n) is 8.81. The molecule has 0 N–H and O–H groups in total. The van der Waals surface area contributed by atoms with Crippen LogP contribution in [0.25, 0.3) is 0 Å². The summed E-state index contributed by atoms with van der Waals surface area (Å²) in [7, 11) is 1.68. The Kier molecular flexibility index (Phi) is 5.97. The number of esters is 1. The van der Waals surface area contributed by atoms with Crippen molar-refractivity contribution in [2.24, 2.45) is 0 Å². The van der Waals surface area contributed by atoms with Crippen molar-refractivity contribution in [3.8, 4) is 5.75 Å². The predicted molar refractivity (Wildman–Crippen MR) is 119 cm³/mol. The van der Waals surface area contributed by atoms with Crippen LogP contribution in [0.4, 0.5) is 5.69 Å². The highest BCUT2D eigenvalue weighted by Gasteiger charge is 2.51. The third kappa shape index (κ3) is 4.03. The average molecular weight is 428 g/mol. The molecule has 4 rings (SSSR count). The molecule has 2 fully saturated rings.